The summed E-state index contributed by atoms with van der Waals surface area (Å²) in [6, 6.07) is -0.884. The van der Waals surface area contributed by atoms with E-state index in [1.807, 2.05) is 27.2 Å². The fourth-order valence-corrected chi connectivity index (χ4v) is 5.99. The molecule has 0 aromatic rings. The van der Waals surface area contributed by atoms with Crippen LogP contribution >= 0.6 is 7.82 Å². The van der Waals surface area contributed by atoms with Crippen LogP contribution in [-0.4, -0.2) is 68.5 Å². The first-order valence-electron chi connectivity index (χ1n) is 19.2. The van der Waals surface area contributed by atoms with Gasteiger partial charge in [0.15, 0.2) is 0 Å². The summed E-state index contributed by atoms with van der Waals surface area (Å²) in [4.78, 5) is 25.1. The smallest absolute Gasteiger partial charge is 0.268 e. The molecule has 0 aromatic heterocycles. The second-order valence-corrected chi connectivity index (χ2v) is 15.7. The lowest BCUT2D eigenvalue weighted by Crippen LogP contribution is -2.45. The van der Waals surface area contributed by atoms with Crippen LogP contribution in [-0.2, 0) is 18.4 Å². The van der Waals surface area contributed by atoms with Crippen molar-refractivity contribution in [3.63, 3.8) is 0 Å². The summed E-state index contributed by atoms with van der Waals surface area (Å²) in [7, 11) is 1.25. The number of aliphatic hydroxyl groups is 1. The van der Waals surface area contributed by atoms with Crippen molar-refractivity contribution in [1.29, 1.82) is 0 Å². The molecule has 0 radical (unpaired) electrons. The predicted octanol–water partition coefficient (Wildman–Crippen LogP) is 9.16. The molecule has 3 atom stereocenters. The van der Waals surface area contributed by atoms with Crippen LogP contribution in [0.1, 0.15) is 162 Å². The molecular formula is C38H75N2O6P. The Morgan fingerprint density at radius 3 is 1.66 bits per heavy atom. The Morgan fingerprint density at radius 2 is 1.17 bits per heavy atom. The zero-order chi connectivity index (χ0) is 35.1. The molecule has 278 valence electrons. The van der Waals surface area contributed by atoms with Gasteiger partial charge in [0.2, 0.25) is 5.91 Å². The summed E-state index contributed by atoms with van der Waals surface area (Å²) < 4.78 is 23.0. The molecule has 0 rings (SSSR count). The van der Waals surface area contributed by atoms with E-state index < -0.39 is 20.0 Å². The number of likely N-dealkylation sites (N-methyl/N-ethyl adjacent to an activating group) is 1. The van der Waals surface area contributed by atoms with Crippen LogP contribution in [0, 0.1) is 0 Å². The fourth-order valence-electron chi connectivity index (χ4n) is 5.26. The third kappa shape index (κ3) is 33.3. The van der Waals surface area contributed by atoms with Gasteiger partial charge >= 0.3 is 0 Å². The van der Waals surface area contributed by atoms with E-state index in [4.69, 9.17) is 9.05 Å². The zero-order valence-electron chi connectivity index (χ0n) is 31.2. The third-order valence-electron chi connectivity index (χ3n) is 8.41. The zero-order valence-corrected chi connectivity index (χ0v) is 32.1. The Morgan fingerprint density at radius 1 is 0.723 bits per heavy atom. The number of phosphoric ester groups is 1. The number of rotatable bonds is 34. The molecular weight excluding hydrogens is 611 g/mol. The Balaban J connectivity index is 4.47. The first-order valence-corrected chi connectivity index (χ1v) is 20.7. The predicted molar refractivity (Wildman–Crippen MR) is 196 cm³/mol. The van der Waals surface area contributed by atoms with Gasteiger partial charge in [-0.15, -0.1) is 0 Å². The molecule has 9 heteroatoms. The molecule has 0 aliphatic rings. The number of allylic oxidation sites excluding steroid dienone is 3. The molecule has 1 amide bonds. The SMILES string of the molecule is CCCCCCCCC/C=C\CCCCCCCC(=O)NC(COP(=O)([O-])OCC[N+](C)(C)C)C(O)/C=C/CCCCCCCCC. The largest absolute Gasteiger partial charge is 0.756 e. The summed E-state index contributed by atoms with van der Waals surface area (Å²) >= 11 is 0. The van der Waals surface area contributed by atoms with Crippen LogP contribution < -0.4 is 10.2 Å². The van der Waals surface area contributed by atoms with Crippen molar-refractivity contribution >= 4 is 13.7 Å². The number of hydrogen-bond donors (Lipinski definition) is 2. The van der Waals surface area contributed by atoms with E-state index in [9.17, 15) is 19.4 Å². The quantitative estimate of drug-likeness (QED) is 0.0303. The molecule has 0 bridgehead atoms. The van der Waals surface area contributed by atoms with Gasteiger partial charge in [-0.25, -0.2) is 0 Å². The Kier molecular flexibility index (Phi) is 30.3. The molecule has 2 N–H and O–H groups in total. The molecule has 47 heavy (non-hydrogen) atoms. The number of amides is 1. The van der Waals surface area contributed by atoms with Crippen LogP contribution in [0.3, 0.4) is 0 Å². The highest BCUT2D eigenvalue weighted by Crippen LogP contribution is 2.38. The van der Waals surface area contributed by atoms with Gasteiger partial charge in [-0.3, -0.25) is 9.36 Å². The second-order valence-electron chi connectivity index (χ2n) is 14.3. The monoisotopic (exact) mass is 687 g/mol. The highest BCUT2D eigenvalue weighted by molar-refractivity contribution is 7.45. The maximum absolute atomic E-state index is 12.7. The van der Waals surface area contributed by atoms with Crippen molar-refractivity contribution in [2.75, 3.05) is 40.9 Å². The molecule has 0 aromatic carbocycles. The van der Waals surface area contributed by atoms with Gasteiger partial charge < -0.3 is 28.8 Å². The molecule has 0 saturated heterocycles. The molecule has 0 heterocycles. The summed E-state index contributed by atoms with van der Waals surface area (Å²) in [5, 5.41) is 13.6. The van der Waals surface area contributed by atoms with Crippen molar-refractivity contribution in [3.8, 4) is 0 Å². The number of phosphoric acid groups is 1. The van der Waals surface area contributed by atoms with Gasteiger partial charge in [-0.2, -0.15) is 0 Å². The van der Waals surface area contributed by atoms with E-state index in [0.717, 1.165) is 51.4 Å². The van der Waals surface area contributed by atoms with E-state index in [-0.39, 0.29) is 19.1 Å². The Labute approximate surface area is 290 Å². The number of carbonyl (C=O) groups excluding carboxylic acids is 1. The normalized spacial score (nSPS) is 15.0. The molecule has 0 aliphatic carbocycles. The van der Waals surface area contributed by atoms with Crippen molar-refractivity contribution in [2.24, 2.45) is 0 Å². The van der Waals surface area contributed by atoms with Gasteiger partial charge in [0, 0.05) is 6.42 Å². The van der Waals surface area contributed by atoms with Crippen molar-refractivity contribution in [1.82, 2.24) is 5.32 Å². The number of nitrogens with zero attached hydrogens (tertiary/aromatic N) is 1. The van der Waals surface area contributed by atoms with E-state index in [1.165, 1.54) is 89.9 Å². The lowest BCUT2D eigenvalue weighted by molar-refractivity contribution is -0.870. The summed E-state index contributed by atoms with van der Waals surface area (Å²) in [5.74, 6) is -0.210. The molecule has 0 fully saturated rings. The number of nitrogens with one attached hydrogen (secondary N) is 1. The Hall–Kier alpha value is -1.02. The Bertz CT molecular complexity index is 829. The standard InChI is InChI=1S/C38H75N2O6P/c1-6-8-10-12-14-16-17-18-19-20-21-22-24-26-28-30-32-38(42)39-36(35-46-47(43,44)45-34-33-40(3,4)5)37(41)31-29-27-25-23-15-13-11-9-7-2/h19-20,29,31,36-37,41H,6-18,21-28,30,32-35H2,1-5H3,(H-,39,42,43,44)/b20-19-,31-29+. The van der Waals surface area contributed by atoms with Crippen molar-refractivity contribution in [3.05, 3.63) is 24.3 Å². The topological polar surface area (TPSA) is 108 Å². The number of carbonyl (C=O) groups is 1. The van der Waals surface area contributed by atoms with E-state index in [0.29, 0.717) is 17.4 Å². The first-order chi connectivity index (χ1) is 22.5. The average Bonchev–Trinajstić information content (AvgIpc) is 3.01. The highest BCUT2D eigenvalue weighted by Gasteiger charge is 2.23. The summed E-state index contributed by atoms with van der Waals surface area (Å²) in [6.07, 6.45) is 33.6. The molecule has 3 unspecified atom stereocenters. The van der Waals surface area contributed by atoms with Crippen molar-refractivity contribution < 1.29 is 32.9 Å². The van der Waals surface area contributed by atoms with Crippen molar-refractivity contribution in [2.45, 2.75) is 174 Å². The average molecular weight is 687 g/mol. The summed E-state index contributed by atoms with van der Waals surface area (Å²) in [5.41, 5.74) is 0. The minimum atomic E-state index is -4.57. The van der Waals surface area contributed by atoms with Gasteiger partial charge in [0.25, 0.3) is 7.82 Å². The number of quaternary nitrogens is 1. The lowest BCUT2D eigenvalue weighted by atomic mass is 10.1. The van der Waals surface area contributed by atoms with Gasteiger partial charge in [0.05, 0.1) is 39.9 Å². The van der Waals surface area contributed by atoms with Crippen LogP contribution in [0.5, 0.6) is 0 Å². The van der Waals surface area contributed by atoms with E-state index >= 15 is 0 Å². The maximum atomic E-state index is 12.7. The molecule has 0 spiro atoms. The van der Waals surface area contributed by atoms with E-state index in [2.05, 4.69) is 31.3 Å². The minimum Gasteiger partial charge on any atom is -0.756 e. The third-order valence-corrected chi connectivity index (χ3v) is 9.37. The van der Waals surface area contributed by atoms with Gasteiger partial charge in [-0.05, 0) is 44.9 Å². The minimum absolute atomic E-state index is 0.00224. The van der Waals surface area contributed by atoms with Crippen LogP contribution in [0.2, 0.25) is 0 Å². The lowest BCUT2D eigenvalue weighted by Gasteiger charge is -2.29. The second kappa shape index (κ2) is 31.0. The van der Waals surface area contributed by atoms with Crippen LogP contribution in [0.4, 0.5) is 0 Å². The molecule has 0 aliphatic heterocycles. The van der Waals surface area contributed by atoms with Crippen LogP contribution in [0.15, 0.2) is 24.3 Å². The number of unbranched alkanes of at least 4 members (excludes halogenated alkanes) is 19. The first kappa shape index (κ1) is 46.0. The van der Waals surface area contributed by atoms with E-state index in [1.54, 1.807) is 6.08 Å². The molecule has 0 saturated carbocycles. The highest BCUT2D eigenvalue weighted by atomic mass is 31.2. The van der Waals surface area contributed by atoms with Gasteiger partial charge in [0.1, 0.15) is 13.2 Å². The van der Waals surface area contributed by atoms with Gasteiger partial charge in [-0.1, -0.05) is 134 Å². The number of hydrogen-bond acceptors (Lipinski definition) is 6. The molecule has 8 nitrogen and oxygen atoms in total. The van der Waals surface area contributed by atoms with Crippen LogP contribution in [0.25, 0.3) is 0 Å². The number of aliphatic hydroxyl groups excluding tert-OH is 1. The fraction of sp³-hybridized carbons (Fsp3) is 0.868. The summed E-state index contributed by atoms with van der Waals surface area (Å²) in [6.45, 7) is 4.58. The maximum Gasteiger partial charge on any atom is 0.268 e.